The Morgan fingerprint density at radius 2 is 1.17 bits per heavy atom. The van der Waals surface area contributed by atoms with E-state index < -0.39 is 56.9 Å². The van der Waals surface area contributed by atoms with Gasteiger partial charge < -0.3 is 19.5 Å². The van der Waals surface area contributed by atoms with Gasteiger partial charge in [-0.25, -0.2) is 9.59 Å². The lowest BCUT2D eigenvalue weighted by atomic mass is 9.92. The van der Waals surface area contributed by atoms with Crippen molar-refractivity contribution < 1.29 is 41.2 Å². The Morgan fingerprint density at radius 1 is 0.688 bits per heavy atom. The molecule has 0 saturated heterocycles. The van der Waals surface area contributed by atoms with Crippen molar-refractivity contribution in [3.63, 3.8) is 0 Å². The summed E-state index contributed by atoms with van der Waals surface area (Å²) in [5.74, 6) is -1.80. The molecule has 48 heavy (non-hydrogen) atoms. The Bertz CT molecular complexity index is 1450. The van der Waals surface area contributed by atoms with Gasteiger partial charge in [-0.15, -0.1) is 0 Å². The van der Waals surface area contributed by atoms with Crippen molar-refractivity contribution in [2.45, 2.75) is 136 Å². The average Bonchev–Trinajstić information content (AvgIpc) is 2.92. The number of nitrogens with one attached hydrogen (secondary N) is 1. The van der Waals surface area contributed by atoms with Crippen molar-refractivity contribution in [2.75, 3.05) is 6.61 Å². The van der Waals surface area contributed by atoms with Gasteiger partial charge in [0.05, 0.1) is 17.4 Å². The Morgan fingerprint density at radius 3 is 1.67 bits per heavy atom. The number of hydrogen-bond donors (Lipinski definition) is 1. The van der Waals surface area contributed by atoms with Crippen molar-refractivity contribution in [2.24, 2.45) is 5.92 Å². The molecule has 2 aromatic rings. The SMILES string of the molecule is Cc1ccc(S(=O)(=O)OCCCc2ccc(CCC[C@@H](C[C@H](NC(=O)OC(C)(C)C)C(=O)OC(C)(C)C)C(=O)OC(C)(C)C)cc2)cc1. The second kappa shape index (κ2) is 17.3. The van der Waals surface area contributed by atoms with Gasteiger partial charge in [-0.3, -0.25) is 8.98 Å². The van der Waals surface area contributed by atoms with E-state index in [1.807, 2.05) is 31.2 Å². The Hall–Kier alpha value is -3.44. The normalized spacial score (nSPS) is 13.7. The van der Waals surface area contributed by atoms with Gasteiger partial charge in [0.1, 0.15) is 22.8 Å². The van der Waals surface area contributed by atoms with Crippen LogP contribution in [0.3, 0.4) is 0 Å². The first-order chi connectivity index (χ1) is 22.0. The minimum absolute atomic E-state index is 0.0102. The molecule has 0 unspecified atom stereocenters. The molecule has 0 heterocycles. The Labute approximate surface area is 287 Å². The fourth-order valence-corrected chi connectivity index (χ4v) is 5.62. The highest BCUT2D eigenvalue weighted by Gasteiger charge is 2.34. The molecule has 0 fully saturated rings. The number of esters is 2. The second-order valence-corrected chi connectivity index (χ2v) is 16.7. The van der Waals surface area contributed by atoms with Crippen molar-refractivity contribution in [3.8, 4) is 0 Å². The summed E-state index contributed by atoms with van der Waals surface area (Å²) < 4.78 is 46.7. The first-order valence-electron chi connectivity index (χ1n) is 16.5. The van der Waals surface area contributed by atoms with Crippen LogP contribution in [-0.4, -0.2) is 55.9 Å². The number of ether oxygens (including phenoxy) is 3. The molecule has 1 amide bonds. The lowest BCUT2D eigenvalue weighted by Crippen LogP contribution is -2.47. The van der Waals surface area contributed by atoms with E-state index in [1.54, 1.807) is 86.6 Å². The maximum absolute atomic E-state index is 13.3. The number of aryl methyl sites for hydroxylation is 3. The molecule has 0 saturated carbocycles. The fraction of sp³-hybridized carbons (Fsp3) is 0.595. The molecule has 11 heteroatoms. The Kier molecular flexibility index (Phi) is 14.7. The van der Waals surface area contributed by atoms with Gasteiger partial charge in [0.25, 0.3) is 10.1 Å². The summed E-state index contributed by atoms with van der Waals surface area (Å²) in [6.45, 7) is 17.7. The van der Waals surface area contributed by atoms with Crippen LogP contribution in [0.25, 0.3) is 0 Å². The van der Waals surface area contributed by atoms with Crippen LogP contribution in [0.5, 0.6) is 0 Å². The minimum Gasteiger partial charge on any atom is -0.460 e. The first-order valence-corrected chi connectivity index (χ1v) is 17.9. The standard InChI is InChI=1S/C37H55NO9S/c1-26-16-22-30(23-17-26)48(42,43)44-24-12-14-28-20-18-27(19-21-28)13-11-15-29(32(39)45-35(2,3)4)25-31(33(40)46-36(5,6)7)38-34(41)47-37(8,9)10/h16-23,29,31H,11-15,24-25H2,1-10H3,(H,38,41)/t29-,31-/m0/s1. The molecule has 0 aliphatic heterocycles. The number of rotatable bonds is 15. The van der Waals surface area contributed by atoms with Crippen molar-refractivity contribution in [1.82, 2.24) is 5.32 Å². The lowest BCUT2D eigenvalue weighted by Gasteiger charge is -2.29. The van der Waals surface area contributed by atoms with E-state index in [2.05, 4.69) is 5.32 Å². The number of benzene rings is 2. The number of amides is 1. The molecule has 0 bridgehead atoms. The molecule has 2 aromatic carbocycles. The molecular formula is C37H55NO9S. The number of carbonyl (C=O) groups is 3. The summed E-state index contributed by atoms with van der Waals surface area (Å²) in [5, 5.41) is 2.61. The zero-order chi connectivity index (χ0) is 36.3. The van der Waals surface area contributed by atoms with Crippen LogP contribution in [0, 0.1) is 12.8 Å². The van der Waals surface area contributed by atoms with Crippen molar-refractivity contribution in [3.05, 3.63) is 65.2 Å². The first kappa shape index (κ1) is 40.7. The topological polar surface area (TPSA) is 134 Å². The number of hydrogen-bond acceptors (Lipinski definition) is 9. The third-order valence-corrected chi connectivity index (χ3v) is 8.17. The molecule has 0 aliphatic rings. The molecular weight excluding hydrogens is 634 g/mol. The van der Waals surface area contributed by atoms with Crippen LogP contribution in [0.15, 0.2) is 53.4 Å². The number of alkyl carbamates (subject to hydrolysis) is 1. The monoisotopic (exact) mass is 689 g/mol. The molecule has 0 spiro atoms. The maximum Gasteiger partial charge on any atom is 0.408 e. The maximum atomic E-state index is 13.3. The van der Waals surface area contributed by atoms with E-state index in [-0.39, 0.29) is 17.9 Å². The Balaban J connectivity index is 2.02. The van der Waals surface area contributed by atoms with Gasteiger partial charge in [0.2, 0.25) is 0 Å². The second-order valence-electron chi connectivity index (χ2n) is 15.1. The molecule has 1 N–H and O–H groups in total. The summed E-state index contributed by atoms with van der Waals surface area (Å²) in [7, 11) is -3.79. The van der Waals surface area contributed by atoms with Crippen molar-refractivity contribution >= 4 is 28.1 Å². The lowest BCUT2D eigenvalue weighted by molar-refractivity contribution is -0.163. The van der Waals surface area contributed by atoms with E-state index in [1.165, 1.54) is 0 Å². The highest BCUT2D eigenvalue weighted by atomic mass is 32.2. The third-order valence-electron chi connectivity index (χ3n) is 6.84. The van der Waals surface area contributed by atoms with Gasteiger partial charge in [0.15, 0.2) is 0 Å². The van der Waals surface area contributed by atoms with Crippen LogP contribution in [0.1, 0.15) is 105 Å². The van der Waals surface area contributed by atoms with E-state index in [9.17, 15) is 22.8 Å². The van der Waals surface area contributed by atoms with Crippen LogP contribution in [-0.2, 0) is 50.9 Å². The van der Waals surface area contributed by atoms with E-state index in [4.69, 9.17) is 18.4 Å². The molecule has 2 rings (SSSR count). The van der Waals surface area contributed by atoms with E-state index in [0.29, 0.717) is 32.1 Å². The van der Waals surface area contributed by atoms with Crippen molar-refractivity contribution in [1.29, 1.82) is 0 Å². The average molecular weight is 690 g/mol. The van der Waals surface area contributed by atoms with Gasteiger partial charge in [-0.2, -0.15) is 8.42 Å². The predicted octanol–water partition coefficient (Wildman–Crippen LogP) is 7.24. The van der Waals surface area contributed by atoms with Crippen LogP contribution >= 0.6 is 0 Å². The van der Waals surface area contributed by atoms with E-state index >= 15 is 0 Å². The molecule has 268 valence electrons. The summed E-state index contributed by atoms with van der Waals surface area (Å²) in [6, 6.07) is 13.5. The van der Waals surface area contributed by atoms with Gasteiger partial charge in [-0.1, -0.05) is 42.0 Å². The van der Waals surface area contributed by atoms with Crippen LogP contribution in [0.2, 0.25) is 0 Å². The third kappa shape index (κ3) is 16.1. The molecule has 2 atom stereocenters. The minimum atomic E-state index is -3.79. The molecule has 0 aromatic heterocycles. The van der Waals surface area contributed by atoms with Crippen LogP contribution < -0.4 is 5.32 Å². The highest BCUT2D eigenvalue weighted by Crippen LogP contribution is 2.24. The zero-order valence-electron chi connectivity index (χ0n) is 30.3. The smallest absolute Gasteiger partial charge is 0.408 e. The quantitative estimate of drug-likeness (QED) is 0.0889. The number of carbonyl (C=O) groups excluding carboxylic acids is 3. The molecule has 0 radical (unpaired) electrons. The van der Waals surface area contributed by atoms with Gasteiger partial charge in [0, 0.05) is 0 Å². The molecule has 0 aliphatic carbocycles. The van der Waals surface area contributed by atoms with E-state index in [0.717, 1.165) is 16.7 Å². The predicted molar refractivity (Wildman–Crippen MR) is 185 cm³/mol. The largest absolute Gasteiger partial charge is 0.460 e. The molecule has 10 nitrogen and oxygen atoms in total. The summed E-state index contributed by atoms with van der Waals surface area (Å²) in [6.07, 6.45) is 2.12. The highest BCUT2D eigenvalue weighted by molar-refractivity contribution is 7.86. The summed E-state index contributed by atoms with van der Waals surface area (Å²) in [5.41, 5.74) is 0.773. The van der Waals surface area contributed by atoms with Crippen LogP contribution in [0.4, 0.5) is 4.79 Å². The van der Waals surface area contributed by atoms with Gasteiger partial charge in [-0.05, 0) is 131 Å². The van der Waals surface area contributed by atoms with Gasteiger partial charge >= 0.3 is 18.0 Å². The zero-order valence-corrected chi connectivity index (χ0v) is 31.1. The fourth-order valence-electron chi connectivity index (χ4n) is 4.68. The summed E-state index contributed by atoms with van der Waals surface area (Å²) >= 11 is 0. The summed E-state index contributed by atoms with van der Waals surface area (Å²) in [4.78, 5) is 39.3.